The average molecular weight is 445 g/mol. The molecule has 2 aromatic rings. The van der Waals surface area contributed by atoms with Crippen LogP contribution < -0.4 is 15.5 Å². The molecule has 0 fully saturated rings. The summed E-state index contributed by atoms with van der Waals surface area (Å²) in [5, 5.41) is 6.75. The second-order valence-corrected chi connectivity index (χ2v) is 6.34. The van der Waals surface area contributed by atoms with Gasteiger partial charge in [-0.2, -0.15) is 5.10 Å². The molecule has 0 aliphatic rings. The van der Waals surface area contributed by atoms with Gasteiger partial charge in [0.05, 0.1) is 23.4 Å². The molecule has 0 radical (unpaired) electrons. The Balaban J connectivity index is 1.97. The van der Waals surface area contributed by atoms with Crippen molar-refractivity contribution in [2.45, 2.75) is 0 Å². The van der Waals surface area contributed by atoms with E-state index in [4.69, 9.17) is 27.9 Å². The van der Waals surface area contributed by atoms with Crippen LogP contribution in [0.15, 0.2) is 46.0 Å². The second kappa shape index (κ2) is 8.84. The van der Waals surface area contributed by atoms with Crippen LogP contribution in [0.4, 0.5) is 5.69 Å². The molecule has 9 heteroatoms. The molecule has 25 heavy (non-hydrogen) atoms. The van der Waals surface area contributed by atoms with E-state index in [1.54, 1.807) is 25.3 Å². The predicted molar refractivity (Wildman–Crippen MR) is 102 cm³/mol. The first-order valence-corrected chi connectivity index (χ1v) is 8.38. The van der Waals surface area contributed by atoms with Gasteiger partial charge >= 0.3 is 11.8 Å². The van der Waals surface area contributed by atoms with Crippen LogP contribution in [-0.2, 0) is 9.59 Å². The highest BCUT2D eigenvalue weighted by molar-refractivity contribution is 9.10. The van der Waals surface area contributed by atoms with Crippen LogP contribution in [0.2, 0.25) is 10.0 Å². The van der Waals surface area contributed by atoms with Gasteiger partial charge in [-0.3, -0.25) is 9.59 Å². The lowest BCUT2D eigenvalue weighted by Crippen LogP contribution is -2.32. The molecule has 2 N–H and O–H groups in total. The zero-order chi connectivity index (χ0) is 18.4. The van der Waals surface area contributed by atoms with E-state index in [9.17, 15) is 9.59 Å². The van der Waals surface area contributed by atoms with Gasteiger partial charge in [0, 0.05) is 15.7 Å². The summed E-state index contributed by atoms with van der Waals surface area (Å²) in [6.45, 7) is 0. The van der Waals surface area contributed by atoms with Crippen LogP contribution in [0.1, 0.15) is 5.56 Å². The van der Waals surface area contributed by atoms with Crippen molar-refractivity contribution >= 4 is 62.8 Å². The molecular weight excluding hydrogens is 433 g/mol. The molecule has 0 aliphatic carbocycles. The molecule has 2 aromatic carbocycles. The van der Waals surface area contributed by atoms with Crippen molar-refractivity contribution in [2.24, 2.45) is 5.10 Å². The number of hydrogen-bond acceptors (Lipinski definition) is 4. The number of benzene rings is 2. The van der Waals surface area contributed by atoms with Gasteiger partial charge in [0.2, 0.25) is 0 Å². The number of rotatable bonds is 4. The Morgan fingerprint density at radius 3 is 2.56 bits per heavy atom. The number of methoxy groups -OCH3 is 1. The lowest BCUT2D eigenvalue weighted by molar-refractivity contribution is -0.136. The smallest absolute Gasteiger partial charge is 0.329 e. The van der Waals surface area contributed by atoms with E-state index in [2.05, 4.69) is 31.8 Å². The van der Waals surface area contributed by atoms with Crippen LogP contribution in [0.25, 0.3) is 0 Å². The minimum absolute atomic E-state index is 0.265. The molecule has 2 rings (SSSR count). The van der Waals surface area contributed by atoms with E-state index in [1.807, 2.05) is 0 Å². The highest BCUT2D eigenvalue weighted by Crippen LogP contribution is 2.25. The van der Waals surface area contributed by atoms with Crippen molar-refractivity contribution in [3.8, 4) is 5.75 Å². The molecule has 0 unspecified atom stereocenters. The van der Waals surface area contributed by atoms with Gasteiger partial charge in [0.25, 0.3) is 0 Å². The lowest BCUT2D eigenvalue weighted by Gasteiger charge is -2.05. The van der Waals surface area contributed by atoms with Crippen molar-refractivity contribution in [3.05, 3.63) is 56.5 Å². The third-order valence-corrected chi connectivity index (χ3v) is 4.42. The average Bonchev–Trinajstić information content (AvgIpc) is 2.59. The van der Waals surface area contributed by atoms with Crippen molar-refractivity contribution < 1.29 is 14.3 Å². The largest absolute Gasteiger partial charge is 0.497 e. The fourth-order valence-electron chi connectivity index (χ4n) is 1.72. The number of carbonyl (C=O) groups excluding carboxylic acids is 2. The normalized spacial score (nSPS) is 10.6. The van der Waals surface area contributed by atoms with Gasteiger partial charge in [-0.1, -0.05) is 39.1 Å². The van der Waals surface area contributed by atoms with Crippen LogP contribution in [-0.4, -0.2) is 25.1 Å². The fraction of sp³-hybridized carbons (Fsp3) is 0.0625. The Bertz CT molecular complexity index is 843. The third-order valence-electron chi connectivity index (χ3n) is 2.96. The summed E-state index contributed by atoms with van der Waals surface area (Å²) >= 11 is 15.0. The van der Waals surface area contributed by atoms with Crippen LogP contribution in [0.5, 0.6) is 5.75 Å². The minimum atomic E-state index is -0.929. The zero-order valence-electron chi connectivity index (χ0n) is 12.8. The lowest BCUT2D eigenvalue weighted by atomic mass is 10.2. The zero-order valence-corrected chi connectivity index (χ0v) is 15.9. The van der Waals surface area contributed by atoms with Crippen LogP contribution >= 0.6 is 39.1 Å². The molecule has 2 amide bonds. The van der Waals surface area contributed by atoms with E-state index in [0.717, 1.165) is 4.47 Å². The molecule has 0 atom stereocenters. The van der Waals surface area contributed by atoms with Crippen LogP contribution in [0, 0.1) is 0 Å². The number of halogens is 3. The summed E-state index contributed by atoms with van der Waals surface area (Å²) in [7, 11) is 1.54. The van der Waals surface area contributed by atoms with E-state index < -0.39 is 11.8 Å². The summed E-state index contributed by atoms with van der Waals surface area (Å²) in [4.78, 5) is 23.6. The SMILES string of the molecule is COc1ccc(Br)c(/C=N/NC(=O)C(=O)Nc2ccc(Cl)c(Cl)c2)c1. The monoisotopic (exact) mass is 443 g/mol. The Labute approximate surface area is 162 Å². The Morgan fingerprint density at radius 1 is 1.12 bits per heavy atom. The molecule has 0 saturated carbocycles. The van der Waals surface area contributed by atoms with Gasteiger partial charge < -0.3 is 10.1 Å². The van der Waals surface area contributed by atoms with Gasteiger partial charge in [0.15, 0.2) is 0 Å². The summed E-state index contributed by atoms with van der Waals surface area (Å²) in [5.74, 6) is -1.19. The van der Waals surface area contributed by atoms with Gasteiger partial charge in [-0.25, -0.2) is 5.43 Å². The van der Waals surface area contributed by atoms with Crippen molar-refractivity contribution in [3.63, 3.8) is 0 Å². The number of amides is 2. The summed E-state index contributed by atoms with van der Waals surface area (Å²) < 4.78 is 5.86. The van der Waals surface area contributed by atoms with Crippen molar-refractivity contribution in [2.75, 3.05) is 12.4 Å². The number of anilines is 1. The van der Waals surface area contributed by atoms with Gasteiger partial charge in [0.1, 0.15) is 5.75 Å². The highest BCUT2D eigenvalue weighted by atomic mass is 79.9. The first kappa shape index (κ1) is 19.2. The van der Waals surface area contributed by atoms with E-state index in [-0.39, 0.29) is 5.02 Å². The van der Waals surface area contributed by atoms with E-state index >= 15 is 0 Å². The topological polar surface area (TPSA) is 79.8 Å². The number of carbonyl (C=O) groups is 2. The third kappa shape index (κ3) is 5.45. The minimum Gasteiger partial charge on any atom is -0.497 e. The van der Waals surface area contributed by atoms with Crippen molar-refractivity contribution in [1.29, 1.82) is 0 Å². The molecule has 6 nitrogen and oxygen atoms in total. The number of nitrogens with zero attached hydrogens (tertiary/aromatic N) is 1. The summed E-state index contributed by atoms with van der Waals surface area (Å²) in [5.41, 5.74) is 3.15. The Morgan fingerprint density at radius 2 is 1.88 bits per heavy atom. The van der Waals surface area contributed by atoms with E-state index in [1.165, 1.54) is 24.4 Å². The molecule has 0 saturated heterocycles. The molecule has 0 aliphatic heterocycles. The molecular formula is C16H12BrCl2N3O3. The maximum atomic E-state index is 11.8. The standard InChI is InChI=1S/C16H12BrCl2N3O3/c1-25-11-3-4-12(17)9(6-11)8-20-22-16(24)15(23)21-10-2-5-13(18)14(19)7-10/h2-8H,1H3,(H,21,23)(H,22,24)/b20-8+. The van der Waals surface area contributed by atoms with Gasteiger partial charge in [-0.05, 0) is 36.4 Å². The van der Waals surface area contributed by atoms with E-state index in [0.29, 0.717) is 22.0 Å². The second-order valence-electron chi connectivity index (χ2n) is 4.67. The van der Waals surface area contributed by atoms with Crippen LogP contribution in [0.3, 0.4) is 0 Å². The molecule has 130 valence electrons. The Hall–Kier alpha value is -2.09. The maximum absolute atomic E-state index is 11.8. The first-order chi connectivity index (χ1) is 11.9. The molecule has 0 spiro atoms. The van der Waals surface area contributed by atoms with Crippen molar-refractivity contribution in [1.82, 2.24) is 5.43 Å². The highest BCUT2D eigenvalue weighted by Gasteiger charge is 2.13. The first-order valence-electron chi connectivity index (χ1n) is 6.83. The number of ether oxygens (including phenoxy) is 1. The molecule has 0 aromatic heterocycles. The maximum Gasteiger partial charge on any atom is 0.329 e. The quantitative estimate of drug-likeness (QED) is 0.427. The fourth-order valence-corrected chi connectivity index (χ4v) is 2.37. The predicted octanol–water partition coefficient (Wildman–Crippen LogP) is 3.85. The Kier molecular flexibility index (Phi) is 6.81. The summed E-state index contributed by atoms with van der Waals surface area (Å²) in [6, 6.07) is 9.73. The number of nitrogens with one attached hydrogen (secondary N) is 2. The number of hydrazone groups is 1. The molecule has 0 heterocycles. The van der Waals surface area contributed by atoms with Gasteiger partial charge in [-0.15, -0.1) is 0 Å². The molecule has 0 bridgehead atoms. The summed E-state index contributed by atoms with van der Waals surface area (Å²) in [6.07, 6.45) is 1.39. The number of hydrogen-bond donors (Lipinski definition) is 2.